The van der Waals surface area contributed by atoms with Gasteiger partial charge in [-0.3, -0.25) is 0 Å². The summed E-state index contributed by atoms with van der Waals surface area (Å²) in [6, 6.07) is 9.11. The molecule has 1 unspecified atom stereocenters. The highest BCUT2D eigenvalue weighted by molar-refractivity contribution is 5.59. The minimum Gasteiger partial charge on any atom is -0.396 e. The average Bonchev–Trinajstić information content (AvgIpc) is 2.59. The second-order valence-electron chi connectivity index (χ2n) is 4.19. The van der Waals surface area contributed by atoms with E-state index >= 15 is 0 Å². The second kappa shape index (κ2) is 4.67. The zero-order chi connectivity index (χ0) is 10.7. The van der Waals surface area contributed by atoms with Crippen LogP contribution in [0.3, 0.4) is 0 Å². The van der Waals surface area contributed by atoms with Crippen LogP contribution >= 0.6 is 0 Å². The van der Waals surface area contributed by atoms with Gasteiger partial charge in [0, 0.05) is 24.9 Å². The molecule has 0 bridgehead atoms. The maximum atomic E-state index is 9.07. The van der Waals surface area contributed by atoms with Crippen LogP contribution in [0.1, 0.15) is 25.3 Å². The number of aliphatic hydroxyl groups excluding tert-OH is 1. The normalized spacial score (nSPS) is 19.3. The van der Waals surface area contributed by atoms with Crippen molar-refractivity contribution < 1.29 is 5.11 Å². The summed E-state index contributed by atoms with van der Waals surface area (Å²) in [5.74, 6) is 0. The third-order valence-electron chi connectivity index (χ3n) is 3.12. The molecule has 15 heavy (non-hydrogen) atoms. The number of anilines is 1. The molecule has 1 aliphatic rings. The molecule has 0 aliphatic carbocycles. The molecule has 0 saturated carbocycles. The van der Waals surface area contributed by atoms with Gasteiger partial charge < -0.3 is 10.0 Å². The van der Waals surface area contributed by atoms with Crippen LogP contribution < -0.4 is 4.90 Å². The minimum absolute atomic E-state index is 0.291. The van der Waals surface area contributed by atoms with Crippen LogP contribution in [0.25, 0.3) is 0 Å². The Bertz CT molecular complexity index is 324. The van der Waals surface area contributed by atoms with Crippen molar-refractivity contribution in [3.63, 3.8) is 0 Å². The highest BCUT2D eigenvalue weighted by Gasteiger charge is 2.27. The molecule has 1 aliphatic heterocycles. The Balaban J connectivity index is 2.21. The number of hydrogen-bond acceptors (Lipinski definition) is 2. The van der Waals surface area contributed by atoms with Crippen LogP contribution in [-0.2, 0) is 6.42 Å². The van der Waals surface area contributed by atoms with Crippen LogP contribution in [0.4, 0.5) is 5.69 Å². The van der Waals surface area contributed by atoms with E-state index in [1.807, 2.05) is 0 Å². The summed E-state index contributed by atoms with van der Waals surface area (Å²) in [5, 5.41) is 9.07. The van der Waals surface area contributed by atoms with E-state index < -0.39 is 0 Å². The Morgan fingerprint density at radius 3 is 2.93 bits per heavy atom. The summed E-state index contributed by atoms with van der Waals surface area (Å²) >= 11 is 0. The number of para-hydroxylation sites is 1. The summed E-state index contributed by atoms with van der Waals surface area (Å²) in [6.45, 7) is 3.59. The highest BCUT2D eigenvalue weighted by Crippen LogP contribution is 2.33. The lowest BCUT2D eigenvalue weighted by atomic mass is 10.1. The van der Waals surface area contributed by atoms with Crippen molar-refractivity contribution >= 4 is 5.69 Å². The van der Waals surface area contributed by atoms with E-state index in [0.717, 1.165) is 25.8 Å². The van der Waals surface area contributed by atoms with Crippen LogP contribution in [0.5, 0.6) is 0 Å². The Hall–Kier alpha value is -1.02. The first-order valence-corrected chi connectivity index (χ1v) is 5.82. The molecule has 0 saturated heterocycles. The number of aliphatic hydroxyl groups is 1. The summed E-state index contributed by atoms with van der Waals surface area (Å²) in [6.07, 6.45) is 3.14. The number of benzene rings is 1. The van der Waals surface area contributed by atoms with Gasteiger partial charge in [-0.05, 0) is 30.9 Å². The zero-order valence-electron chi connectivity index (χ0n) is 9.32. The van der Waals surface area contributed by atoms with E-state index in [4.69, 9.17) is 5.11 Å². The fourth-order valence-electron chi connectivity index (χ4n) is 2.48. The van der Waals surface area contributed by atoms with E-state index in [1.54, 1.807) is 0 Å². The lowest BCUT2D eigenvalue weighted by molar-refractivity contribution is 0.274. The maximum Gasteiger partial charge on any atom is 0.0450 e. The van der Waals surface area contributed by atoms with Gasteiger partial charge in [0.15, 0.2) is 0 Å². The fourth-order valence-corrected chi connectivity index (χ4v) is 2.48. The van der Waals surface area contributed by atoms with Crippen molar-refractivity contribution in [3.8, 4) is 0 Å². The van der Waals surface area contributed by atoms with Gasteiger partial charge in [-0.15, -0.1) is 0 Å². The molecule has 0 radical (unpaired) electrons. The quantitative estimate of drug-likeness (QED) is 0.814. The van der Waals surface area contributed by atoms with Crippen molar-refractivity contribution in [2.75, 3.05) is 18.1 Å². The van der Waals surface area contributed by atoms with Gasteiger partial charge in [0.05, 0.1) is 0 Å². The van der Waals surface area contributed by atoms with E-state index in [0.29, 0.717) is 12.6 Å². The van der Waals surface area contributed by atoms with Gasteiger partial charge in [0.25, 0.3) is 0 Å². The van der Waals surface area contributed by atoms with Crippen LogP contribution in [0, 0.1) is 0 Å². The lowest BCUT2D eigenvalue weighted by Gasteiger charge is -2.26. The average molecular weight is 205 g/mol. The molecule has 1 N–H and O–H groups in total. The number of fused-ring (bicyclic) bond motifs is 1. The molecule has 0 amide bonds. The molecule has 0 spiro atoms. The third kappa shape index (κ3) is 2.00. The van der Waals surface area contributed by atoms with Crippen LogP contribution in [-0.4, -0.2) is 24.3 Å². The summed E-state index contributed by atoms with van der Waals surface area (Å²) in [7, 11) is 0. The Morgan fingerprint density at radius 1 is 1.40 bits per heavy atom. The molecule has 2 rings (SSSR count). The monoisotopic (exact) mass is 205 g/mol. The Labute approximate surface area is 91.5 Å². The van der Waals surface area contributed by atoms with Crippen LogP contribution in [0.15, 0.2) is 24.3 Å². The van der Waals surface area contributed by atoms with Gasteiger partial charge in [0.1, 0.15) is 0 Å². The molecule has 2 heteroatoms. The van der Waals surface area contributed by atoms with Crippen molar-refractivity contribution in [2.45, 2.75) is 32.2 Å². The molecular formula is C13H19NO. The topological polar surface area (TPSA) is 23.5 Å². The Kier molecular flexibility index (Phi) is 3.27. The van der Waals surface area contributed by atoms with E-state index in [9.17, 15) is 0 Å². The first kappa shape index (κ1) is 10.5. The highest BCUT2D eigenvalue weighted by atomic mass is 16.3. The van der Waals surface area contributed by atoms with Crippen molar-refractivity contribution in [2.24, 2.45) is 0 Å². The van der Waals surface area contributed by atoms with Gasteiger partial charge in [-0.25, -0.2) is 0 Å². The fraction of sp³-hybridized carbons (Fsp3) is 0.538. The van der Waals surface area contributed by atoms with E-state index in [2.05, 4.69) is 36.1 Å². The zero-order valence-corrected chi connectivity index (χ0v) is 9.32. The minimum atomic E-state index is 0.291. The molecule has 1 aromatic carbocycles. The second-order valence-corrected chi connectivity index (χ2v) is 4.19. The Morgan fingerprint density at radius 2 is 2.20 bits per heavy atom. The van der Waals surface area contributed by atoms with Gasteiger partial charge >= 0.3 is 0 Å². The largest absolute Gasteiger partial charge is 0.396 e. The molecule has 82 valence electrons. The number of nitrogens with zero attached hydrogens (tertiary/aromatic N) is 1. The third-order valence-corrected chi connectivity index (χ3v) is 3.12. The first-order valence-electron chi connectivity index (χ1n) is 5.82. The molecule has 1 aromatic rings. The molecule has 1 heterocycles. The number of rotatable bonds is 4. The molecule has 2 nitrogen and oxygen atoms in total. The smallest absolute Gasteiger partial charge is 0.0450 e. The molecule has 0 fully saturated rings. The van der Waals surface area contributed by atoms with Crippen LogP contribution in [0.2, 0.25) is 0 Å². The SMILES string of the molecule is CCCN1c2ccccc2CC1CCO. The summed E-state index contributed by atoms with van der Waals surface area (Å²) in [4.78, 5) is 2.45. The maximum absolute atomic E-state index is 9.07. The molecular weight excluding hydrogens is 186 g/mol. The predicted octanol–water partition coefficient (Wildman–Crippen LogP) is 2.21. The summed E-state index contributed by atoms with van der Waals surface area (Å²) < 4.78 is 0. The van der Waals surface area contributed by atoms with Crippen molar-refractivity contribution in [1.29, 1.82) is 0 Å². The van der Waals surface area contributed by atoms with Crippen molar-refractivity contribution in [3.05, 3.63) is 29.8 Å². The standard InChI is InChI=1S/C13H19NO/c1-2-8-14-12(7-9-15)10-11-5-3-4-6-13(11)14/h3-6,12,15H,2,7-10H2,1H3. The molecule has 1 atom stereocenters. The van der Waals surface area contributed by atoms with Gasteiger partial charge in [-0.1, -0.05) is 25.1 Å². The van der Waals surface area contributed by atoms with Gasteiger partial charge in [0.2, 0.25) is 0 Å². The predicted molar refractivity (Wildman–Crippen MR) is 63.3 cm³/mol. The summed E-state index contributed by atoms with van der Waals surface area (Å²) in [5.41, 5.74) is 2.81. The first-order chi connectivity index (χ1) is 7.36. The van der Waals surface area contributed by atoms with E-state index in [-0.39, 0.29) is 0 Å². The van der Waals surface area contributed by atoms with Crippen molar-refractivity contribution in [1.82, 2.24) is 0 Å². The number of hydrogen-bond donors (Lipinski definition) is 1. The van der Waals surface area contributed by atoms with E-state index in [1.165, 1.54) is 11.3 Å². The lowest BCUT2D eigenvalue weighted by Crippen LogP contribution is -2.33. The molecule has 0 aromatic heterocycles. The van der Waals surface area contributed by atoms with Gasteiger partial charge in [-0.2, -0.15) is 0 Å².